The molecular formula is C22H48INO3P+. The van der Waals surface area contributed by atoms with Gasteiger partial charge in [-0.3, -0.25) is 4.57 Å². The Bertz CT molecular complexity index is 388. The highest BCUT2D eigenvalue weighted by atomic mass is 127. The van der Waals surface area contributed by atoms with Crippen LogP contribution in [0.15, 0.2) is 0 Å². The fourth-order valence-electron chi connectivity index (χ4n) is 3.75. The molecule has 0 bridgehead atoms. The lowest BCUT2D eigenvalue weighted by molar-refractivity contribution is -0.890. The average Bonchev–Trinajstić information content (AvgIpc) is 2.60. The molecule has 0 aromatic carbocycles. The fourth-order valence-corrected chi connectivity index (χ4v) is 4.84. The van der Waals surface area contributed by atoms with Gasteiger partial charge in [0.15, 0.2) is 0 Å². The van der Waals surface area contributed by atoms with Crippen LogP contribution in [0.4, 0.5) is 0 Å². The topological polar surface area (TPSA) is 57.5 Å². The molecule has 0 heterocycles. The van der Waals surface area contributed by atoms with Crippen LogP contribution in [0.5, 0.6) is 0 Å². The lowest BCUT2D eigenvalue weighted by Crippen LogP contribution is -2.41. The molecule has 0 aromatic heterocycles. The van der Waals surface area contributed by atoms with Crippen molar-refractivity contribution in [3.05, 3.63) is 0 Å². The largest absolute Gasteiger partial charge is 0.328 e. The number of rotatable bonds is 21. The molecule has 0 rings (SSSR count). The van der Waals surface area contributed by atoms with E-state index in [9.17, 15) is 4.57 Å². The summed E-state index contributed by atoms with van der Waals surface area (Å²) in [5.41, 5.74) is 0. The van der Waals surface area contributed by atoms with Gasteiger partial charge in [-0.25, -0.2) is 0 Å². The first-order valence-electron chi connectivity index (χ1n) is 11.7. The zero-order valence-corrected chi connectivity index (χ0v) is 21.8. The van der Waals surface area contributed by atoms with Crippen LogP contribution in [-0.2, 0) is 4.57 Å². The summed E-state index contributed by atoms with van der Waals surface area (Å²) in [6.45, 7) is 1.96. The normalized spacial score (nSPS) is 12.6. The van der Waals surface area contributed by atoms with Crippen molar-refractivity contribution in [2.75, 3.05) is 37.8 Å². The monoisotopic (exact) mass is 532 g/mol. The quantitative estimate of drug-likeness (QED) is 0.0555. The van der Waals surface area contributed by atoms with E-state index >= 15 is 0 Å². The number of hydrogen-bond acceptors (Lipinski definition) is 1. The van der Waals surface area contributed by atoms with Gasteiger partial charge in [0, 0.05) is 6.42 Å². The Labute approximate surface area is 189 Å². The van der Waals surface area contributed by atoms with E-state index in [0.717, 1.165) is 17.6 Å². The van der Waals surface area contributed by atoms with E-state index in [1.165, 1.54) is 101 Å². The molecule has 28 heavy (non-hydrogen) atoms. The summed E-state index contributed by atoms with van der Waals surface area (Å²) in [6, 6.07) is 0. The van der Waals surface area contributed by atoms with Gasteiger partial charge in [0.05, 0.1) is 33.3 Å². The van der Waals surface area contributed by atoms with Crippen molar-refractivity contribution in [3.8, 4) is 0 Å². The molecule has 0 fully saturated rings. The van der Waals surface area contributed by atoms with Crippen molar-refractivity contribution < 1.29 is 18.8 Å². The van der Waals surface area contributed by atoms with Gasteiger partial charge in [0.25, 0.3) is 0 Å². The van der Waals surface area contributed by atoms with E-state index in [-0.39, 0.29) is 6.16 Å². The molecule has 0 aliphatic rings. The van der Waals surface area contributed by atoms with Gasteiger partial charge in [-0.1, -0.05) is 99.6 Å². The molecule has 6 heteroatoms. The maximum absolute atomic E-state index is 10.9. The maximum Gasteiger partial charge on any atom is 0.325 e. The summed E-state index contributed by atoms with van der Waals surface area (Å²) in [4.78, 5) is 17.9. The minimum absolute atomic E-state index is 0.0212. The van der Waals surface area contributed by atoms with Gasteiger partial charge in [-0.05, 0) is 23.7 Å². The second kappa shape index (κ2) is 18.6. The van der Waals surface area contributed by atoms with Crippen LogP contribution in [0.2, 0.25) is 0 Å². The molecular weight excluding hydrogens is 484 g/mol. The van der Waals surface area contributed by atoms with E-state index in [0.29, 0.717) is 6.42 Å². The molecule has 0 atom stereocenters. The number of unbranched alkanes of at least 4 members (excludes halogenated alkanes) is 14. The van der Waals surface area contributed by atoms with Crippen molar-refractivity contribution in [2.45, 2.75) is 103 Å². The summed E-state index contributed by atoms with van der Waals surface area (Å²) in [7, 11) is 0.516. The molecule has 0 aliphatic carbocycles. The predicted octanol–water partition coefficient (Wildman–Crippen LogP) is 6.92. The Kier molecular flexibility index (Phi) is 19.2. The smallest absolute Gasteiger partial charge is 0.325 e. The highest BCUT2D eigenvalue weighted by molar-refractivity contribution is 14.1. The molecule has 0 saturated heterocycles. The van der Waals surface area contributed by atoms with Crippen LogP contribution in [0.3, 0.4) is 0 Å². The molecule has 0 radical (unpaired) electrons. The molecule has 0 spiro atoms. The van der Waals surface area contributed by atoms with Gasteiger partial charge < -0.3 is 14.3 Å². The van der Waals surface area contributed by atoms with Crippen molar-refractivity contribution in [3.63, 3.8) is 0 Å². The molecule has 0 aromatic rings. The Morgan fingerprint density at radius 3 is 1.29 bits per heavy atom. The van der Waals surface area contributed by atoms with Crippen molar-refractivity contribution in [2.24, 2.45) is 0 Å². The molecule has 0 saturated carbocycles. The minimum atomic E-state index is -3.83. The number of nitrogens with zero attached hydrogens (tertiary/aromatic N) is 1. The lowest BCUT2D eigenvalue weighted by Gasteiger charge is -2.30. The van der Waals surface area contributed by atoms with E-state index in [2.05, 4.69) is 36.7 Å². The van der Waals surface area contributed by atoms with Gasteiger partial charge in [0.2, 0.25) is 0 Å². The predicted molar refractivity (Wildman–Crippen MR) is 132 cm³/mol. The first kappa shape index (κ1) is 28.8. The summed E-state index contributed by atoms with van der Waals surface area (Å²) in [5.74, 6) is 0. The zero-order chi connectivity index (χ0) is 21.1. The van der Waals surface area contributed by atoms with Crippen LogP contribution >= 0.6 is 30.2 Å². The van der Waals surface area contributed by atoms with Gasteiger partial charge in [0.1, 0.15) is 0 Å². The highest BCUT2D eigenvalue weighted by Gasteiger charge is 2.18. The Morgan fingerprint density at radius 2 is 0.929 bits per heavy atom. The average molecular weight is 533 g/mol. The lowest BCUT2D eigenvalue weighted by atomic mass is 10.0. The van der Waals surface area contributed by atoms with Crippen LogP contribution in [0.1, 0.15) is 103 Å². The molecule has 170 valence electrons. The van der Waals surface area contributed by atoms with Gasteiger partial charge >= 0.3 is 7.60 Å². The molecule has 0 unspecified atom stereocenters. The number of alkyl halides is 1. The summed E-state index contributed by atoms with van der Waals surface area (Å²) in [6.07, 6.45) is 21.5. The molecule has 0 aliphatic heterocycles. The van der Waals surface area contributed by atoms with Crippen molar-refractivity contribution in [1.29, 1.82) is 0 Å². The maximum atomic E-state index is 10.9. The van der Waals surface area contributed by atoms with E-state index in [1.807, 2.05) is 0 Å². The number of hydrogen-bond donors (Lipinski definition) is 2. The third kappa shape index (κ3) is 23.1. The standard InChI is InChI=1S/C22H47INO3P/c1-24(2,21-18-22-28(25,26)27)20-17-15-13-11-9-7-5-3-4-6-8-10-12-14-16-19-23/h3-22H2,1-2H3,(H-,25,26,27)/p+1. The first-order valence-corrected chi connectivity index (χ1v) is 15.0. The van der Waals surface area contributed by atoms with E-state index in [1.54, 1.807) is 0 Å². The van der Waals surface area contributed by atoms with Gasteiger partial charge in [-0.15, -0.1) is 0 Å². The van der Waals surface area contributed by atoms with E-state index < -0.39 is 7.60 Å². The molecule has 2 N–H and O–H groups in total. The number of quaternary nitrogens is 1. The minimum Gasteiger partial charge on any atom is -0.328 e. The summed E-state index contributed by atoms with van der Waals surface area (Å²) in [5, 5.41) is 0. The SMILES string of the molecule is C[N+](C)(CCCCCCCCCCCCCCCCCI)CCCP(=O)(O)O. The van der Waals surface area contributed by atoms with Crippen LogP contribution in [-0.4, -0.2) is 52.0 Å². The second-order valence-corrected chi connectivity index (χ2v) is 12.0. The van der Waals surface area contributed by atoms with Crippen molar-refractivity contribution in [1.82, 2.24) is 0 Å². The fraction of sp³-hybridized carbons (Fsp3) is 1.00. The third-order valence-electron chi connectivity index (χ3n) is 5.61. The number of halogens is 1. The first-order chi connectivity index (χ1) is 13.3. The molecule has 4 nitrogen and oxygen atoms in total. The van der Waals surface area contributed by atoms with Crippen molar-refractivity contribution >= 4 is 30.2 Å². The molecule has 0 amide bonds. The Hall–Kier alpha value is 0.840. The summed E-state index contributed by atoms with van der Waals surface area (Å²) < 4.78 is 13.1. The van der Waals surface area contributed by atoms with Crippen LogP contribution in [0.25, 0.3) is 0 Å². The Balaban J connectivity index is 3.29. The highest BCUT2D eigenvalue weighted by Crippen LogP contribution is 2.35. The Morgan fingerprint density at radius 1 is 0.607 bits per heavy atom. The van der Waals surface area contributed by atoms with Crippen LogP contribution in [0, 0.1) is 0 Å². The zero-order valence-electron chi connectivity index (χ0n) is 18.7. The van der Waals surface area contributed by atoms with Gasteiger partial charge in [-0.2, -0.15) is 0 Å². The van der Waals surface area contributed by atoms with Crippen LogP contribution < -0.4 is 0 Å². The van der Waals surface area contributed by atoms with E-state index in [4.69, 9.17) is 9.79 Å². The summed E-state index contributed by atoms with van der Waals surface area (Å²) >= 11 is 2.47. The third-order valence-corrected chi connectivity index (χ3v) is 7.27. The second-order valence-electron chi connectivity index (χ2n) is 9.12.